The van der Waals surface area contributed by atoms with Gasteiger partial charge in [0, 0.05) is 30.7 Å². The summed E-state index contributed by atoms with van der Waals surface area (Å²) < 4.78 is 20.1. The lowest BCUT2D eigenvalue weighted by atomic mass is 10.1. The Labute approximate surface area is 194 Å². The molecule has 1 fully saturated rings. The van der Waals surface area contributed by atoms with Gasteiger partial charge in [0.1, 0.15) is 12.1 Å². The number of hydrogen-bond acceptors (Lipinski definition) is 5. The van der Waals surface area contributed by atoms with Crippen LogP contribution in [0.1, 0.15) is 28.8 Å². The van der Waals surface area contributed by atoms with E-state index in [1.54, 1.807) is 24.3 Å². The van der Waals surface area contributed by atoms with Crippen molar-refractivity contribution in [2.45, 2.75) is 24.9 Å². The summed E-state index contributed by atoms with van der Waals surface area (Å²) in [5, 5.41) is 6.88. The summed E-state index contributed by atoms with van der Waals surface area (Å²) >= 11 is 11.9. The molecular weight excluding hydrogens is 454 g/mol. The summed E-state index contributed by atoms with van der Waals surface area (Å²) in [6.45, 7) is 4.41. The first kappa shape index (κ1) is 22.0. The van der Waals surface area contributed by atoms with Crippen LogP contribution in [-0.2, 0) is 6.54 Å². The van der Waals surface area contributed by atoms with Gasteiger partial charge in [0.15, 0.2) is 11.6 Å². The number of nitrogens with one attached hydrogen (secondary N) is 2. The first-order valence-electron chi connectivity index (χ1n) is 9.78. The first-order chi connectivity index (χ1) is 15.4. The molecule has 2 aromatic carbocycles. The summed E-state index contributed by atoms with van der Waals surface area (Å²) in [4.78, 5) is 20.1. The van der Waals surface area contributed by atoms with Crippen LogP contribution in [0.25, 0.3) is 0 Å². The quantitative estimate of drug-likeness (QED) is 0.466. The molecule has 164 valence electrons. The number of ether oxygens (including phenoxy) is 1. The average Bonchev–Trinajstić information content (AvgIpc) is 3.57. The van der Waals surface area contributed by atoms with E-state index in [9.17, 15) is 9.18 Å². The molecule has 4 rings (SSSR count). The summed E-state index contributed by atoms with van der Waals surface area (Å²) in [6, 6.07) is 9.38. The van der Waals surface area contributed by atoms with Crippen molar-refractivity contribution in [3.05, 3.63) is 94.4 Å². The highest BCUT2D eigenvalue weighted by Gasteiger charge is 2.47. The Hall–Kier alpha value is -3.16. The molecule has 2 N–H and O–H groups in total. The maximum absolute atomic E-state index is 14.5. The number of rotatable bonds is 8. The Morgan fingerprint density at radius 1 is 1.12 bits per heavy atom. The SMILES string of the molecule is C=C(NCc1ccc(Oc2ccc(Cl)c(Cl)c2)c(F)c1)C1(NC(=O)c2cncnc2)CC1. The van der Waals surface area contributed by atoms with Crippen LogP contribution >= 0.6 is 23.2 Å². The van der Waals surface area contributed by atoms with Gasteiger partial charge in [-0.15, -0.1) is 0 Å². The third-order valence-corrected chi connectivity index (χ3v) is 5.86. The minimum absolute atomic E-state index is 0.0713. The molecule has 3 aromatic rings. The Balaban J connectivity index is 1.35. The van der Waals surface area contributed by atoms with Gasteiger partial charge < -0.3 is 15.4 Å². The highest BCUT2D eigenvalue weighted by molar-refractivity contribution is 6.42. The van der Waals surface area contributed by atoms with Crippen LogP contribution in [0, 0.1) is 5.82 Å². The largest absolute Gasteiger partial charge is 0.454 e. The molecule has 1 amide bonds. The van der Waals surface area contributed by atoms with Gasteiger partial charge >= 0.3 is 0 Å². The predicted molar refractivity (Wildman–Crippen MR) is 120 cm³/mol. The molecule has 1 aliphatic carbocycles. The van der Waals surface area contributed by atoms with E-state index in [1.165, 1.54) is 30.9 Å². The van der Waals surface area contributed by atoms with Gasteiger partial charge in [-0.05, 0) is 42.7 Å². The lowest BCUT2D eigenvalue weighted by molar-refractivity contribution is 0.0936. The zero-order valence-electron chi connectivity index (χ0n) is 16.9. The number of amides is 1. The van der Waals surface area contributed by atoms with E-state index < -0.39 is 11.4 Å². The van der Waals surface area contributed by atoms with E-state index in [1.807, 2.05) is 0 Å². The molecule has 0 atom stereocenters. The standard InChI is InChI=1S/C23H19Cl2FN4O2/c1-14(23(6-7-23)30-22(31)16-11-27-13-28-12-16)29-10-15-2-5-21(20(26)8-15)32-17-3-4-18(24)19(25)9-17/h2-5,8-9,11-13,29H,1,6-7,10H2,(H,30,31). The normalized spacial score (nSPS) is 13.8. The predicted octanol–water partition coefficient (Wildman–Crippen LogP) is 5.28. The number of carbonyl (C=O) groups excluding carboxylic acids is 1. The van der Waals surface area contributed by atoms with E-state index in [0.717, 1.165) is 12.8 Å². The number of hydrogen-bond donors (Lipinski definition) is 2. The molecule has 6 nitrogen and oxygen atoms in total. The van der Waals surface area contributed by atoms with E-state index in [-0.39, 0.29) is 11.7 Å². The zero-order valence-corrected chi connectivity index (χ0v) is 18.4. The maximum atomic E-state index is 14.5. The fraction of sp³-hybridized carbons (Fsp3) is 0.174. The van der Waals surface area contributed by atoms with Crippen molar-refractivity contribution in [1.82, 2.24) is 20.6 Å². The van der Waals surface area contributed by atoms with Crippen LogP contribution in [0.15, 0.2) is 67.4 Å². The molecule has 0 saturated heterocycles. The van der Waals surface area contributed by atoms with Crippen LogP contribution < -0.4 is 15.4 Å². The second kappa shape index (κ2) is 9.14. The number of benzene rings is 2. The summed E-state index contributed by atoms with van der Waals surface area (Å²) in [5.41, 5.74) is 1.22. The van der Waals surface area contributed by atoms with Crippen molar-refractivity contribution in [2.75, 3.05) is 0 Å². The Morgan fingerprint density at radius 3 is 2.53 bits per heavy atom. The molecule has 1 saturated carbocycles. The fourth-order valence-electron chi connectivity index (χ4n) is 3.12. The zero-order chi connectivity index (χ0) is 22.7. The number of halogens is 3. The van der Waals surface area contributed by atoms with Gasteiger partial charge in [0.25, 0.3) is 5.91 Å². The van der Waals surface area contributed by atoms with Gasteiger partial charge in [-0.1, -0.05) is 35.8 Å². The van der Waals surface area contributed by atoms with Crippen LogP contribution in [0.4, 0.5) is 4.39 Å². The minimum atomic E-state index is -0.525. The molecular formula is C23H19Cl2FN4O2. The van der Waals surface area contributed by atoms with Crippen LogP contribution in [0.5, 0.6) is 11.5 Å². The van der Waals surface area contributed by atoms with Crippen molar-refractivity contribution < 1.29 is 13.9 Å². The van der Waals surface area contributed by atoms with Gasteiger partial charge in [0.05, 0.1) is 21.1 Å². The molecule has 1 aromatic heterocycles. The average molecular weight is 473 g/mol. The second-order valence-electron chi connectivity index (χ2n) is 7.44. The third-order valence-electron chi connectivity index (χ3n) is 5.12. The van der Waals surface area contributed by atoms with Crippen molar-refractivity contribution in [3.8, 4) is 11.5 Å². The van der Waals surface area contributed by atoms with Crippen LogP contribution in [-0.4, -0.2) is 21.4 Å². The van der Waals surface area contributed by atoms with E-state index in [0.29, 0.717) is 39.2 Å². The van der Waals surface area contributed by atoms with E-state index >= 15 is 0 Å². The van der Waals surface area contributed by atoms with E-state index in [2.05, 4.69) is 27.2 Å². The van der Waals surface area contributed by atoms with Crippen molar-refractivity contribution >= 4 is 29.1 Å². The highest BCUT2D eigenvalue weighted by atomic mass is 35.5. The van der Waals surface area contributed by atoms with Gasteiger partial charge in [-0.25, -0.2) is 14.4 Å². The van der Waals surface area contributed by atoms with Crippen molar-refractivity contribution in [3.63, 3.8) is 0 Å². The van der Waals surface area contributed by atoms with Gasteiger partial charge in [0.2, 0.25) is 0 Å². The summed E-state index contributed by atoms with van der Waals surface area (Å²) in [6.07, 6.45) is 5.81. The Bertz CT molecular complexity index is 1170. The minimum Gasteiger partial charge on any atom is -0.454 e. The molecule has 0 unspecified atom stereocenters. The molecule has 9 heteroatoms. The summed E-state index contributed by atoms with van der Waals surface area (Å²) in [7, 11) is 0. The van der Waals surface area contributed by atoms with Crippen molar-refractivity contribution in [1.29, 1.82) is 0 Å². The monoisotopic (exact) mass is 472 g/mol. The molecule has 0 radical (unpaired) electrons. The smallest absolute Gasteiger partial charge is 0.255 e. The molecule has 32 heavy (non-hydrogen) atoms. The van der Waals surface area contributed by atoms with Crippen LogP contribution in [0.2, 0.25) is 10.0 Å². The maximum Gasteiger partial charge on any atom is 0.255 e. The first-order valence-corrected chi connectivity index (χ1v) is 10.5. The molecule has 1 heterocycles. The van der Waals surface area contributed by atoms with Crippen molar-refractivity contribution in [2.24, 2.45) is 0 Å². The number of aromatic nitrogens is 2. The highest BCUT2D eigenvalue weighted by Crippen LogP contribution is 2.40. The van der Waals surface area contributed by atoms with Gasteiger partial charge in [-0.2, -0.15) is 0 Å². The van der Waals surface area contributed by atoms with E-state index in [4.69, 9.17) is 27.9 Å². The lowest BCUT2D eigenvalue weighted by Crippen LogP contribution is -2.42. The van der Waals surface area contributed by atoms with Crippen LogP contribution in [0.3, 0.4) is 0 Å². The molecule has 0 spiro atoms. The third kappa shape index (κ3) is 5.00. The molecule has 0 aliphatic heterocycles. The van der Waals surface area contributed by atoms with Gasteiger partial charge in [-0.3, -0.25) is 4.79 Å². The molecule has 0 bridgehead atoms. The summed E-state index contributed by atoms with van der Waals surface area (Å²) in [5.74, 6) is -0.324. The fourth-order valence-corrected chi connectivity index (χ4v) is 3.40. The number of nitrogens with zero attached hydrogens (tertiary/aromatic N) is 2. The lowest BCUT2D eigenvalue weighted by Gasteiger charge is -2.22. The molecule has 1 aliphatic rings. The number of carbonyl (C=O) groups is 1. The second-order valence-corrected chi connectivity index (χ2v) is 8.25. The Morgan fingerprint density at radius 2 is 1.88 bits per heavy atom. The topological polar surface area (TPSA) is 76.1 Å². The Kier molecular flexibility index (Phi) is 6.30.